The number of likely N-dealkylation sites (tertiary alicyclic amines) is 1. The quantitative estimate of drug-likeness (QED) is 0.310. The highest BCUT2D eigenvalue weighted by molar-refractivity contribution is 14.0. The molecule has 0 aromatic carbocycles. The van der Waals surface area contributed by atoms with Crippen LogP contribution in [0.25, 0.3) is 0 Å². The van der Waals surface area contributed by atoms with Crippen LogP contribution in [0, 0.1) is 17.3 Å². The largest absolute Gasteiger partial charge is 0.444 e. The predicted molar refractivity (Wildman–Crippen MR) is 137 cm³/mol. The first-order valence-electron chi connectivity index (χ1n) is 11.5. The van der Waals surface area contributed by atoms with Gasteiger partial charge < -0.3 is 25.0 Å². The summed E-state index contributed by atoms with van der Waals surface area (Å²) in [6, 6.07) is 0. The normalized spacial score (nSPS) is 23.7. The van der Waals surface area contributed by atoms with Crippen LogP contribution >= 0.6 is 24.0 Å². The van der Waals surface area contributed by atoms with Crippen molar-refractivity contribution in [3.8, 4) is 0 Å². The minimum atomic E-state index is -0.441. The van der Waals surface area contributed by atoms with Crippen LogP contribution in [0.15, 0.2) is 4.99 Å². The van der Waals surface area contributed by atoms with Gasteiger partial charge in [-0.05, 0) is 57.8 Å². The topological polar surface area (TPSA) is 75.2 Å². The van der Waals surface area contributed by atoms with Gasteiger partial charge >= 0.3 is 6.09 Å². The second kappa shape index (κ2) is 12.5. The summed E-state index contributed by atoms with van der Waals surface area (Å²) in [5.41, 5.74) is -0.297. The first-order chi connectivity index (χ1) is 14.0. The molecule has 0 bridgehead atoms. The lowest BCUT2D eigenvalue weighted by atomic mass is 9.78. The highest BCUT2D eigenvalue weighted by atomic mass is 127. The Hall–Kier alpha value is -0.770. The van der Waals surface area contributed by atoms with Crippen molar-refractivity contribution in [3.63, 3.8) is 0 Å². The third kappa shape index (κ3) is 9.72. The van der Waals surface area contributed by atoms with E-state index in [0.717, 1.165) is 58.0 Å². The zero-order chi connectivity index (χ0) is 22.4. The van der Waals surface area contributed by atoms with Crippen molar-refractivity contribution in [2.45, 2.75) is 78.9 Å². The van der Waals surface area contributed by atoms with Crippen LogP contribution in [-0.4, -0.2) is 68.5 Å². The summed E-state index contributed by atoms with van der Waals surface area (Å²) in [5, 5.41) is 6.99. The van der Waals surface area contributed by atoms with Crippen LogP contribution in [0.5, 0.6) is 0 Å². The van der Waals surface area contributed by atoms with Gasteiger partial charge in [0, 0.05) is 45.8 Å². The Morgan fingerprint density at radius 3 is 2.23 bits per heavy atom. The smallest absolute Gasteiger partial charge is 0.410 e. The molecule has 2 unspecified atom stereocenters. The summed E-state index contributed by atoms with van der Waals surface area (Å²) in [6.45, 7) is 16.6. The highest BCUT2D eigenvalue weighted by Crippen LogP contribution is 2.33. The summed E-state index contributed by atoms with van der Waals surface area (Å²) in [5.74, 6) is 1.87. The lowest BCUT2D eigenvalue weighted by molar-refractivity contribution is -0.0835. The maximum absolute atomic E-state index is 12.2. The Labute approximate surface area is 206 Å². The van der Waals surface area contributed by atoms with Crippen molar-refractivity contribution in [3.05, 3.63) is 0 Å². The molecule has 0 aromatic heterocycles. The molecule has 2 atom stereocenters. The minimum absolute atomic E-state index is 0. The fraction of sp³-hybridized carbons (Fsp3) is 0.913. The Bertz CT molecular complexity index is 578. The van der Waals surface area contributed by atoms with Gasteiger partial charge in [0.05, 0.1) is 6.10 Å². The molecule has 2 aliphatic rings. The van der Waals surface area contributed by atoms with Gasteiger partial charge in [-0.1, -0.05) is 20.8 Å². The number of aliphatic imine (C=N–C) groups is 1. The van der Waals surface area contributed by atoms with Crippen LogP contribution in [0.1, 0.15) is 67.2 Å². The van der Waals surface area contributed by atoms with Gasteiger partial charge in [-0.2, -0.15) is 0 Å². The number of rotatable bonds is 4. The maximum atomic E-state index is 12.2. The molecule has 0 saturated carbocycles. The molecule has 2 fully saturated rings. The fourth-order valence-electron chi connectivity index (χ4n) is 4.35. The molecule has 31 heavy (non-hydrogen) atoms. The molecule has 1 amide bonds. The molecule has 2 rings (SSSR count). The molecule has 2 heterocycles. The number of nitrogens with one attached hydrogen (secondary N) is 2. The van der Waals surface area contributed by atoms with Crippen LogP contribution in [0.4, 0.5) is 4.79 Å². The van der Waals surface area contributed by atoms with Crippen LogP contribution < -0.4 is 10.6 Å². The van der Waals surface area contributed by atoms with Crippen molar-refractivity contribution in [1.29, 1.82) is 0 Å². The van der Waals surface area contributed by atoms with Crippen molar-refractivity contribution >= 4 is 36.0 Å². The average molecular weight is 553 g/mol. The van der Waals surface area contributed by atoms with Gasteiger partial charge in [-0.25, -0.2) is 4.79 Å². The van der Waals surface area contributed by atoms with E-state index in [1.54, 1.807) is 0 Å². The van der Waals surface area contributed by atoms with E-state index in [4.69, 9.17) is 9.47 Å². The first-order valence-corrected chi connectivity index (χ1v) is 11.5. The molecular weight excluding hydrogens is 507 g/mol. The van der Waals surface area contributed by atoms with E-state index < -0.39 is 5.60 Å². The number of hydrogen-bond donors (Lipinski definition) is 2. The summed E-state index contributed by atoms with van der Waals surface area (Å²) >= 11 is 0. The number of ether oxygens (including phenoxy) is 2. The second-order valence-electron chi connectivity index (χ2n) is 10.8. The summed E-state index contributed by atoms with van der Waals surface area (Å²) < 4.78 is 11.6. The molecule has 8 heteroatoms. The number of piperidine rings is 1. The molecule has 182 valence electrons. The average Bonchev–Trinajstić information content (AvgIpc) is 2.66. The number of guanidine groups is 1. The molecule has 0 aliphatic carbocycles. The fourth-order valence-corrected chi connectivity index (χ4v) is 4.35. The predicted octanol–water partition coefficient (Wildman–Crippen LogP) is 4.26. The van der Waals surface area contributed by atoms with Gasteiger partial charge in [-0.15, -0.1) is 24.0 Å². The van der Waals surface area contributed by atoms with Crippen LogP contribution in [0.3, 0.4) is 0 Å². The molecule has 2 aliphatic heterocycles. The van der Waals surface area contributed by atoms with Crippen molar-refractivity contribution in [2.24, 2.45) is 22.2 Å². The zero-order valence-corrected chi connectivity index (χ0v) is 23.0. The molecule has 2 saturated heterocycles. The van der Waals surface area contributed by atoms with E-state index in [1.807, 2.05) is 32.7 Å². The Morgan fingerprint density at radius 2 is 1.68 bits per heavy atom. The third-order valence-corrected chi connectivity index (χ3v) is 5.88. The van der Waals surface area contributed by atoms with Gasteiger partial charge in [-0.3, -0.25) is 4.99 Å². The van der Waals surface area contributed by atoms with E-state index in [-0.39, 0.29) is 41.6 Å². The number of halogens is 1. The second-order valence-corrected chi connectivity index (χ2v) is 10.8. The number of amides is 1. The van der Waals surface area contributed by atoms with E-state index >= 15 is 0 Å². The highest BCUT2D eigenvalue weighted by Gasteiger charge is 2.35. The lowest BCUT2D eigenvalue weighted by Crippen LogP contribution is -2.49. The van der Waals surface area contributed by atoms with Gasteiger partial charge in [0.2, 0.25) is 0 Å². The van der Waals surface area contributed by atoms with E-state index in [2.05, 4.69) is 36.4 Å². The van der Waals surface area contributed by atoms with Crippen LogP contribution in [0.2, 0.25) is 0 Å². The number of carbonyl (C=O) groups is 1. The summed E-state index contributed by atoms with van der Waals surface area (Å²) in [7, 11) is 1.82. The van der Waals surface area contributed by atoms with Crippen molar-refractivity contribution in [1.82, 2.24) is 15.5 Å². The lowest BCUT2D eigenvalue weighted by Gasteiger charge is -2.40. The molecule has 0 spiro atoms. The Kier molecular flexibility index (Phi) is 11.4. The standard InChI is InChI=1S/C23H44N4O3.HI/c1-22(2,3)19-18(9-8-14-29-19)16-26-20(24-7)25-15-17-10-12-27(13-11-17)21(28)30-23(4,5)6;/h17-19H,8-16H2,1-7H3,(H2,24,25,26);1H. The van der Waals surface area contributed by atoms with Gasteiger partial charge in [0.1, 0.15) is 5.60 Å². The number of carbonyl (C=O) groups excluding carboxylic acids is 1. The van der Waals surface area contributed by atoms with Crippen molar-refractivity contribution in [2.75, 3.05) is 39.8 Å². The third-order valence-electron chi connectivity index (χ3n) is 5.88. The summed E-state index contributed by atoms with van der Waals surface area (Å²) in [4.78, 5) is 18.4. The molecule has 0 radical (unpaired) electrons. The van der Waals surface area contributed by atoms with E-state index in [0.29, 0.717) is 11.8 Å². The van der Waals surface area contributed by atoms with E-state index in [9.17, 15) is 4.79 Å². The monoisotopic (exact) mass is 552 g/mol. The summed E-state index contributed by atoms with van der Waals surface area (Å²) in [6.07, 6.45) is 4.34. The SMILES string of the molecule is CN=C(NCC1CCN(C(=O)OC(C)(C)C)CC1)NCC1CCCOC1C(C)(C)C.I. The number of nitrogens with zero attached hydrogens (tertiary/aromatic N) is 2. The Morgan fingerprint density at radius 1 is 1.06 bits per heavy atom. The maximum Gasteiger partial charge on any atom is 0.410 e. The van der Waals surface area contributed by atoms with Gasteiger partial charge in [0.25, 0.3) is 0 Å². The Balaban J connectivity index is 0.00000480. The molecule has 0 aromatic rings. The molecular formula is C23H45IN4O3. The van der Waals surface area contributed by atoms with E-state index in [1.165, 1.54) is 6.42 Å². The number of hydrogen-bond acceptors (Lipinski definition) is 4. The van der Waals surface area contributed by atoms with Gasteiger partial charge in [0.15, 0.2) is 5.96 Å². The van der Waals surface area contributed by atoms with Crippen LogP contribution in [-0.2, 0) is 9.47 Å². The minimum Gasteiger partial charge on any atom is -0.444 e. The zero-order valence-electron chi connectivity index (χ0n) is 20.6. The molecule has 7 nitrogen and oxygen atoms in total. The van der Waals surface area contributed by atoms with Crippen molar-refractivity contribution < 1.29 is 14.3 Å². The first kappa shape index (κ1) is 28.3. The molecule has 2 N–H and O–H groups in total.